The van der Waals surface area contributed by atoms with Gasteiger partial charge in [0.2, 0.25) is 12.7 Å². The van der Waals surface area contributed by atoms with Gasteiger partial charge in [0.25, 0.3) is 0 Å². The summed E-state index contributed by atoms with van der Waals surface area (Å²) in [5.74, 6) is 0.326. The van der Waals surface area contributed by atoms with Crippen LogP contribution in [-0.4, -0.2) is 12.7 Å². The number of nitrogens with two attached hydrogens (primary N) is 1. The van der Waals surface area contributed by atoms with E-state index in [-0.39, 0.29) is 25.0 Å². The number of hydrogen-bond donors (Lipinski definition) is 1. The maximum absolute atomic E-state index is 11.1. The molecule has 1 aliphatic heterocycles. The molecule has 1 amide bonds. The number of benzene rings is 1. The molecule has 90 valence electrons. The van der Waals surface area contributed by atoms with Crippen LogP contribution in [0.4, 0.5) is 0 Å². The molecule has 1 aromatic carbocycles. The Kier molecular flexibility index (Phi) is 3.65. The zero-order valence-electron chi connectivity index (χ0n) is 9.46. The Morgan fingerprint density at radius 3 is 2.71 bits per heavy atom. The topological polar surface area (TPSA) is 61.6 Å². The van der Waals surface area contributed by atoms with Crippen LogP contribution in [0, 0.1) is 5.92 Å². The van der Waals surface area contributed by atoms with E-state index in [0.717, 1.165) is 12.0 Å². The molecular weight excluding hydrogens is 218 g/mol. The van der Waals surface area contributed by atoms with E-state index in [4.69, 9.17) is 15.2 Å². The number of hydrogen-bond acceptors (Lipinski definition) is 3. The number of ether oxygens (including phenoxy) is 2. The Hall–Kier alpha value is -1.97. The van der Waals surface area contributed by atoms with Crippen LogP contribution in [0.5, 0.6) is 0 Å². The molecule has 1 aliphatic rings. The smallest absolute Gasteiger partial charge is 0.229 e. The maximum Gasteiger partial charge on any atom is 0.229 e. The number of amides is 1. The second-order valence-corrected chi connectivity index (χ2v) is 4.01. The molecule has 17 heavy (non-hydrogen) atoms. The van der Waals surface area contributed by atoms with Gasteiger partial charge < -0.3 is 15.2 Å². The Labute approximate surface area is 100 Å². The molecule has 0 spiro atoms. The molecule has 2 N–H and O–H groups in total. The summed E-state index contributed by atoms with van der Waals surface area (Å²) in [6.45, 7) is 0.222. The average molecular weight is 233 g/mol. The Morgan fingerprint density at radius 2 is 2.12 bits per heavy atom. The molecule has 1 atom stereocenters. The van der Waals surface area contributed by atoms with Gasteiger partial charge in [-0.3, -0.25) is 4.79 Å². The van der Waals surface area contributed by atoms with Crippen LogP contribution >= 0.6 is 0 Å². The first-order chi connectivity index (χ1) is 8.25. The molecule has 4 heteroatoms. The van der Waals surface area contributed by atoms with Gasteiger partial charge in [-0.15, -0.1) is 0 Å². The van der Waals surface area contributed by atoms with Gasteiger partial charge in [-0.2, -0.15) is 0 Å². The van der Waals surface area contributed by atoms with Crippen molar-refractivity contribution in [3.63, 3.8) is 0 Å². The summed E-state index contributed by atoms with van der Waals surface area (Å²) in [7, 11) is 0. The number of allylic oxidation sites excluding steroid dienone is 1. The van der Waals surface area contributed by atoms with E-state index in [0.29, 0.717) is 5.76 Å². The van der Waals surface area contributed by atoms with Crippen molar-refractivity contribution in [3.8, 4) is 0 Å². The summed E-state index contributed by atoms with van der Waals surface area (Å²) >= 11 is 0. The van der Waals surface area contributed by atoms with Crippen LogP contribution in [0.15, 0.2) is 42.4 Å². The fraction of sp³-hybridized carbons (Fsp3) is 0.308. The van der Waals surface area contributed by atoms with Crippen molar-refractivity contribution in [1.82, 2.24) is 0 Å². The largest absolute Gasteiger partial charge is 0.462 e. The number of primary amides is 1. The zero-order chi connectivity index (χ0) is 12.1. The van der Waals surface area contributed by atoms with E-state index in [1.165, 1.54) is 0 Å². The molecule has 1 heterocycles. The van der Waals surface area contributed by atoms with Gasteiger partial charge in [0.15, 0.2) is 0 Å². The Bertz CT molecular complexity index is 414. The van der Waals surface area contributed by atoms with Crippen LogP contribution in [-0.2, 0) is 20.7 Å². The minimum absolute atomic E-state index is 0.0441. The standard InChI is InChI=1S/C13H15NO3/c14-13(15)7-11(12-8-16-9-17-12)6-10-4-2-1-3-5-10/h1-5,8,11H,6-7,9H2,(H2,14,15). The molecule has 0 aliphatic carbocycles. The molecule has 1 aromatic rings. The maximum atomic E-state index is 11.1. The van der Waals surface area contributed by atoms with Gasteiger partial charge in [0, 0.05) is 12.3 Å². The predicted molar refractivity (Wildman–Crippen MR) is 62.6 cm³/mol. The van der Waals surface area contributed by atoms with E-state index in [2.05, 4.69) is 0 Å². The second-order valence-electron chi connectivity index (χ2n) is 4.01. The highest BCUT2D eigenvalue weighted by molar-refractivity contribution is 5.74. The van der Waals surface area contributed by atoms with Crippen LogP contribution in [0.1, 0.15) is 12.0 Å². The van der Waals surface area contributed by atoms with Crippen LogP contribution in [0.25, 0.3) is 0 Å². The lowest BCUT2D eigenvalue weighted by Crippen LogP contribution is -2.19. The summed E-state index contributed by atoms with van der Waals surface area (Å²) in [5, 5.41) is 0. The van der Waals surface area contributed by atoms with Gasteiger partial charge in [-0.05, 0) is 12.0 Å². The van der Waals surface area contributed by atoms with Crippen molar-refractivity contribution in [1.29, 1.82) is 0 Å². The van der Waals surface area contributed by atoms with E-state index in [1.807, 2.05) is 30.3 Å². The third-order valence-electron chi connectivity index (χ3n) is 2.67. The van der Waals surface area contributed by atoms with Gasteiger partial charge >= 0.3 is 0 Å². The van der Waals surface area contributed by atoms with E-state index in [1.54, 1.807) is 6.26 Å². The van der Waals surface area contributed by atoms with E-state index >= 15 is 0 Å². The zero-order valence-corrected chi connectivity index (χ0v) is 9.46. The van der Waals surface area contributed by atoms with Crippen molar-refractivity contribution in [2.45, 2.75) is 12.8 Å². The second kappa shape index (κ2) is 5.39. The highest BCUT2D eigenvalue weighted by Gasteiger charge is 2.22. The van der Waals surface area contributed by atoms with Crippen LogP contribution < -0.4 is 5.73 Å². The van der Waals surface area contributed by atoms with Gasteiger partial charge in [-0.1, -0.05) is 30.3 Å². The van der Waals surface area contributed by atoms with Crippen molar-refractivity contribution >= 4 is 5.91 Å². The highest BCUT2D eigenvalue weighted by atomic mass is 16.7. The first-order valence-corrected chi connectivity index (χ1v) is 5.52. The third-order valence-corrected chi connectivity index (χ3v) is 2.67. The fourth-order valence-corrected chi connectivity index (χ4v) is 1.88. The average Bonchev–Trinajstić information content (AvgIpc) is 2.82. The summed E-state index contributed by atoms with van der Waals surface area (Å²) in [6.07, 6.45) is 2.56. The molecule has 0 aromatic heterocycles. The van der Waals surface area contributed by atoms with Crippen LogP contribution in [0.3, 0.4) is 0 Å². The lowest BCUT2D eigenvalue weighted by Gasteiger charge is -2.15. The van der Waals surface area contributed by atoms with Crippen LogP contribution in [0.2, 0.25) is 0 Å². The lowest BCUT2D eigenvalue weighted by atomic mass is 9.94. The summed E-state index contributed by atoms with van der Waals surface area (Å²) in [5.41, 5.74) is 6.40. The quantitative estimate of drug-likeness (QED) is 0.839. The molecule has 0 radical (unpaired) electrons. The van der Waals surface area contributed by atoms with Crippen molar-refractivity contribution in [3.05, 3.63) is 47.9 Å². The first kappa shape index (κ1) is 11.5. The highest BCUT2D eigenvalue weighted by Crippen LogP contribution is 2.24. The number of carbonyl (C=O) groups is 1. The lowest BCUT2D eigenvalue weighted by molar-refractivity contribution is -0.118. The monoisotopic (exact) mass is 233 g/mol. The van der Waals surface area contributed by atoms with Gasteiger partial charge in [0.1, 0.15) is 12.0 Å². The van der Waals surface area contributed by atoms with Crippen molar-refractivity contribution in [2.24, 2.45) is 11.7 Å². The SMILES string of the molecule is NC(=O)CC(Cc1ccccc1)C1=COCO1. The molecule has 1 unspecified atom stereocenters. The summed E-state index contributed by atoms with van der Waals surface area (Å²) in [4.78, 5) is 11.1. The molecule has 4 nitrogen and oxygen atoms in total. The first-order valence-electron chi connectivity index (χ1n) is 5.52. The minimum Gasteiger partial charge on any atom is -0.462 e. The van der Waals surface area contributed by atoms with E-state index in [9.17, 15) is 4.79 Å². The number of carbonyl (C=O) groups excluding carboxylic acids is 1. The molecule has 2 rings (SSSR count). The Morgan fingerprint density at radius 1 is 1.35 bits per heavy atom. The normalized spacial score (nSPS) is 15.6. The molecule has 0 bridgehead atoms. The van der Waals surface area contributed by atoms with Crippen molar-refractivity contribution in [2.75, 3.05) is 6.79 Å². The predicted octanol–water partition coefficient (Wildman–Crippen LogP) is 1.57. The fourth-order valence-electron chi connectivity index (χ4n) is 1.88. The Balaban J connectivity index is 2.08. The molecule has 0 saturated heterocycles. The van der Waals surface area contributed by atoms with Crippen molar-refractivity contribution < 1.29 is 14.3 Å². The summed E-state index contributed by atoms with van der Waals surface area (Å²) < 4.78 is 10.3. The molecule has 0 fully saturated rings. The minimum atomic E-state index is -0.331. The number of rotatable bonds is 5. The van der Waals surface area contributed by atoms with E-state index < -0.39 is 0 Å². The van der Waals surface area contributed by atoms with Gasteiger partial charge in [-0.25, -0.2) is 0 Å². The van der Waals surface area contributed by atoms with Gasteiger partial charge in [0.05, 0.1) is 0 Å². The molecule has 0 saturated carbocycles. The third kappa shape index (κ3) is 3.24. The summed E-state index contributed by atoms with van der Waals surface area (Å²) in [6, 6.07) is 9.93. The molecular formula is C13H15NO3.